The minimum atomic E-state index is 0.776. The van der Waals surface area contributed by atoms with Crippen molar-refractivity contribution in [3.05, 3.63) is 56.1 Å². The third kappa shape index (κ3) is 3.20. The van der Waals surface area contributed by atoms with Gasteiger partial charge in [-0.1, -0.05) is 23.7 Å². The lowest BCUT2D eigenvalue weighted by Gasteiger charge is -2.09. The van der Waals surface area contributed by atoms with E-state index in [9.17, 15) is 0 Å². The zero-order chi connectivity index (χ0) is 13.9. The number of halogens is 2. The van der Waals surface area contributed by atoms with Crippen LogP contribution in [0.25, 0.3) is 0 Å². The standard InChI is InChI=1S/C16H15ClINO/c17-13-2-3-15(14(18)10-13)19-7-5-11-1-4-16-12(9-11)6-8-20-16/h1-4,9-10,19H,5-8H2. The number of rotatable bonds is 4. The minimum absolute atomic E-state index is 0.776. The van der Waals surface area contributed by atoms with Gasteiger partial charge in [-0.2, -0.15) is 0 Å². The minimum Gasteiger partial charge on any atom is -0.493 e. The number of anilines is 1. The number of hydrogen-bond acceptors (Lipinski definition) is 2. The highest BCUT2D eigenvalue weighted by Gasteiger charge is 2.11. The largest absolute Gasteiger partial charge is 0.493 e. The van der Waals surface area contributed by atoms with E-state index in [1.165, 1.54) is 11.1 Å². The maximum atomic E-state index is 5.96. The normalized spacial score (nSPS) is 12.9. The smallest absolute Gasteiger partial charge is 0.122 e. The topological polar surface area (TPSA) is 21.3 Å². The van der Waals surface area contributed by atoms with Crippen molar-refractivity contribution in [2.24, 2.45) is 0 Å². The average Bonchev–Trinajstić information content (AvgIpc) is 2.89. The quantitative estimate of drug-likeness (QED) is 0.763. The summed E-state index contributed by atoms with van der Waals surface area (Å²) in [5.41, 5.74) is 3.83. The first-order chi connectivity index (χ1) is 9.72. The molecule has 2 nitrogen and oxygen atoms in total. The second kappa shape index (κ2) is 6.22. The summed E-state index contributed by atoms with van der Waals surface area (Å²) in [5.74, 6) is 1.05. The van der Waals surface area contributed by atoms with Gasteiger partial charge in [0, 0.05) is 27.2 Å². The van der Waals surface area contributed by atoms with Crippen LogP contribution in [-0.2, 0) is 12.8 Å². The summed E-state index contributed by atoms with van der Waals surface area (Å²) in [5, 5.41) is 4.24. The highest BCUT2D eigenvalue weighted by atomic mass is 127. The number of benzene rings is 2. The molecule has 1 heterocycles. The summed E-state index contributed by atoms with van der Waals surface area (Å²) in [6, 6.07) is 12.4. The van der Waals surface area contributed by atoms with E-state index in [0.29, 0.717) is 0 Å². The van der Waals surface area contributed by atoms with Gasteiger partial charge in [0.2, 0.25) is 0 Å². The lowest BCUT2D eigenvalue weighted by molar-refractivity contribution is 0.357. The molecule has 1 N–H and O–H groups in total. The first kappa shape index (κ1) is 14.0. The zero-order valence-corrected chi connectivity index (χ0v) is 13.9. The second-order valence-electron chi connectivity index (χ2n) is 4.84. The Balaban J connectivity index is 1.60. The van der Waals surface area contributed by atoms with Crippen LogP contribution in [0.15, 0.2) is 36.4 Å². The van der Waals surface area contributed by atoms with Gasteiger partial charge in [-0.25, -0.2) is 0 Å². The third-order valence-corrected chi connectivity index (χ3v) is 4.54. The Bertz CT molecular complexity index is 630. The van der Waals surface area contributed by atoms with E-state index in [4.69, 9.17) is 16.3 Å². The Morgan fingerprint density at radius 3 is 2.95 bits per heavy atom. The van der Waals surface area contributed by atoms with Crippen molar-refractivity contribution < 1.29 is 4.74 Å². The molecule has 1 aliphatic rings. The number of nitrogens with one attached hydrogen (secondary N) is 1. The molecule has 0 amide bonds. The zero-order valence-electron chi connectivity index (χ0n) is 11.0. The van der Waals surface area contributed by atoms with Crippen molar-refractivity contribution in [2.45, 2.75) is 12.8 Å². The summed E-state index contributed by atoms with van der Waals surface area (Å²) in [6.45, 7) is 1.73. The molecule has 0 atom stereocenters. The van der Waals surface area contributed by atoms with E-state index >= 15 is 0 Å². The number of hydrogen-bond donors (Lipinski definition) is 1. The fourth-order valence-corrected chi connectivity index (χ4v) is 3.43. The van der Waals surface area contributed by atoms with Gasteiger partial charge in [0.05, 0.1) is 6.61 Å². The van der Waals surface area contributed by atoms with E-state index in [-0.39, 0.29) is 0 Å². The lowest BCUT2D eigenvalue weighted by atomic mass is 10.1. The van der Waals surface area contributed by atoms with E-state index in [1.807, 2.05) is 18.2 Å². The first-order valence-corrected chi connectivity index (χ1v) is 8.11. The summed E-state index contributed by atoms with van der Waals surface area (Å²) in [6.07, 6.45) is 2.04. The number of ether oxygens (including phenoxy) is 1. The van der Waals surface area contributed by atoms with Crippen LogP contribution in [0.4, 0.5) is 5.69 Å². The van der Waals surface area contributed by atoms with Crippen molar-refractivity contribution in [3.63, 3.8) is 0 Å². The molecule has 20 heavy (non-hydrogen) atoms. The number of fused-ring (bicyclic) bond motifs is 1. The van der Waals surface area contributed by atoms with Crippen LogP contribution in [0.3, 0.4) is 0 Å². The van der Waals surface area contributed by atoms with Crippen LogP contribution >= 0.6 is 34.2 Å². The monoisotopic (exact) mass is 399 g/mol. The summed E-state index contributed by atoms with van der Waals surface area (Å²) in [7, 11) is 0. The third-order valence-electron chi connectivity index (χ3n) is 3.41. The van der Waals surface area contributed by atoms with Crippen LogP contribution in [0, 0.1) is 3.57 Å². The van der Waals surface area contributed by atoms with Gasteiger partial charge in [-0.15, -0.1) is 0 Å². The first-order valence-electron chi connectivity index (χ1n) is 6.66. The maximum absolute atomic E-state index is 5.96. The lowest BCUT2D eigenvalue weighted by Crippen LogP contribution is -2.06. The van der Waals surface area contributed by atoms with Crippen LogP contribution in [0.1, 0.15) is 11.1 Å². The van der Waals surface area contributed by atoms with Crippen molar-refractivity contribution in [2.75, 3.05) is 18.5 Å². The molecule has 104 valence electrons. The van der Waals surface area contributed by atoms with Crippen LogP contribution in [0.5, 0.6) is 5.75 Å². The van der Waals surface area contributed by atoms with E-state index in [0.717, 1.165) is 46.0 Å². The average molecular weight is 400 g/mol. The Morgan fingerprint density at radius 2 is 2.10 bits per heavy atom. The van der Waals surface area contributed by atoms with E-state index in [1.54, 1.807) is 0 Å². The molecule has 0 fully saturated rings. The van der Waals surface area contributed by atoms with Crippen molar-refractivity contribution in [3.8, 4) is 5.75 Å². The molecular weight excluding hydrogens is 385 g/mol. The van der Waals surface area contributed by atoms with Crippen LogP contribution in [0.2, 0.25) is 5.02 Å². The van der Waals surface area contributed by atoms with Gasteiger partial charge >= 0.3 is 0 Å². The van der Waals surface area contributed by atoms with Crippen LogP contribution < -0.4 is 10.1 Å². The molecule has 0 radical (unpaired) electrons. The molecule has 0 aromatic heterocycles. The van der Waals surface area contributed by atoms with E-state index in [2.05, 4.69) is 46.1 Å². The van der Waals surface area contributed by atoms with Crippen molar-refractivity contribution in [1.82, 2.24) is 0 Å². The van der Waals surface area contributed by atoms with E-state index < -0.39 is 0 Å². The Kier molecular flexibility index (Phi) is 4.36. The van der Waals surface area contributed by atoms with Gasteiger partial charge < -0.3 is 10.1 Å². The van der Waals surface area contributed by atoms with Crippen LogP contribution in [-0.4, -0.2) is 13.2 Å². The van der Waals surface area contributed by atoms with Gasteiger partial charge in [0.1, 0.15) is 5.75 Å². The van der Waals surface area contributed by atoms with Crippen molar-refractivity contribution >= 4 is 39.9 Å². The molecule has 0 saturated heterocycles. The second-order valence-corrected chi connectivity index (χ2v) is 6.44. The Morgan fingerprint density at radius 1 is 1.20 bits per heavy atom. The predicted molar refractivity (Wildman–Crippen MR) is 92.0 cm³/mol. The van der Waals surface area contributed by atoms with Gasteiger partial charge in [0.25, 0.3) is 0 Å². The summed E-state index contributed by atoms with van der Waals surface area (Å²) in [4.78, 5) is 0. The molecular formula is C16H15ClINO. The molecule has 2 aromatic rings. The molecule has 0 saturated carbocycles. The molecule has 0 bridgehead atoms. The van der Waals surface area contributed by atoms with Gasteiger partial charge in [0.15, 0.2) is 0 Å². The fourth-order valence-electron chi connectivity index (χ4n) is 2.37. The Hall–Kier alpha value is -0.940. The fraction of sp³-hybridized carbons (Fsp3) is 0.250. The Labute approximate surface area is 137 Å². The molecule has 1 aliphatic heterocycles. The highest BCUT2D eigenvalue weighted by Crippen LogP contribution is 2.26. The molecule has 0 aliphatic carbocycles. The molecule has 2 aromatic carbocycles. The SMILES string of the molecule is Clc1ccc(NCCc2ccc3c(c2)CCO3)c(I)c1. The summed E-state index contributed by atoms with van der Waals surface area (Å²) >= 11 is 8.26. The molecule has 0 unspecified atom stereocenters. The molecule has 3 rings (SSSR count). The van der Waals surface area contributed by atoms with Gasteiger partial charge in [-0.05, 0) is 64.4 Å². The molecule has 0 spiro atoms. The maximum Gasteiger partial charge on any atom is 0.122 e. The van der Waals surface area contributed by atoms with Gasteiger partial charge in [-0.3, -0.25) is 0 Å². The summed E-state index contributed by atoms with van der Waals surface area (Å²) < 4.78 is 6.68. The molecule has 4 heteroatoms. The van der Waals surface area contributed by atoms with Crippen molar-refractivity contribution in [1.29, 1.82) is 0 Å². The highest BCUT2D eigenvalue weighted by molar-refractivity contribution is 14.1. The predicted octanol–water partition coefficient (Wildman–Crippen LogP) is 4.53.